The molecule has 33 heavy (non-hydrogen) atoms. The number of carbonyl (C=O) groups is 1. The smallest absolute Gasteiger partial charge is 0.227 e. The molecular formula is C29H31ClN2O. The average Bonchev–Trinajstić information content (AvgIpc) is 3.22. The lowest BCUT2D eigenvalue weighted by molar-refractivity contribution is -0.134. The van der Waals surface area contributed by atoms with Crippen LogP contribution >= 0.6 is 11.6 Å². The Morgan fingerprint density at radius 3 is 2.15 bits per heavy atom. The van der Waals surface area contributed by atoms with E-state index >= 15 is 0 Å². The van der Waals surface area contributed by atoms with E-state index < -0.39 is 0 Å². The summed E-state index contributed by atoms with van der Waals surface area (Å²) in [6.07, 6.45) is 5.10. The number of rotatable bonds is 5. The number of carbonyl (C=O) groups excluding carboxylic acids is 1. The largest absolute Gasteiger partial charge is 0.341 e. The van der Waals surface area contributed by atoms with Crippen molar-refractivity contribution in [2.75, 3.05) is 19.6 Å². The number of hydrogen-bond acceptors (Lipinski definition) is 2. The second-order valence-corrected chi connectivity index (χ2v) is 9.97. The van der Waals surface area contributed by atoms with Gasteiger partial charge >= 0.3 is 0 Å². The lowest BCUT2D eigenvalue weighted by atomic mass is 9.85. The van der Waals surface area contributed by atoms with E-state index in [1.54, 1.807) is 0 Å². The Morgan fingerprint density at radius 1 is 0.788 bits per heavy atom. The highest BCUT2D eigenvalue weighted by Gasteiger charge is 2.44. The highest BCUT2D eigenvalue weighted by atomic mass is 35.5. The van der Waals surface area contributed by atoms with Gasteiger partial charge in [0.05, 0.1) is 6.42 Å². The second-order valence-electron chi connectivity index (χ2n) is 9.53. The van der Waals surface area contributed by atoms with E-state index in [2.05, 4.69) is 64.4 Å². The van der Waals surface area contributed by atoms with E-state index in [0.29, 0.717) is 11.4 Å². The van der Waals surface area contributed by atoms with Crippen LogP contribution in [0.5, 0.6) is 0 Å². The minimum Gasteiger partial charge on any atom is -0.341 e. The van der Waals surface area contributed by atoms with Crippen molar-refractivity contribution in [1.82, 2.24) is 9.80 Å². The van der Waals surface area contributed by atoms with Gasteiger partial charge in [-0.25, -0.2) is 0 Å². The van der Waals surface area contributed by atoms with Gasteiger partial charge < -0.3 is 4.90 Å². The molecule has 1 atom stereocenters. The second kappa shape index (κ2) is 9.70. The first-order chi connectivity index (χ1) is 16.1. The van der Waals surface area contributed by atoms with Crippen LogP contribution in [0, 0.1) is 0 Å². The van der Waals surface area contributed by atoms with Crippen LogP contribution in [0.4, 0.5) is 0 Å². The van der Waals surface area contributed by atoms with Crippen LogP contribution < -0.4 is 0 Å². The fourth-order valence-electron chi connectivity index (χ4n) is 5.57. The zero-order valence-corrected chi connectivity index (χ0v) is 19.8. The molecule has 2 saturated heterocycles. The molecule has 1 spiro atoms. The number of amides is 1. The summed E-state index contributed by atoms with van der Waals surface area (Å²) in [5.41, 5.74) is 5.01. The number of nitrogens with zero attached hydrogens (tertiary/aromatic N) is 2. The van der Waals surface area contributed by atoms with Gasteiger partial charge in [-0.3, -0.25) is 9.69 Å². The lowest BCUT2D eigenvalue weighted by Gasteiger charge is -2.46. The maximum absolute atomic E-state index is 13.1. The maximum Gasteiger partial charge on any atom is 0.227 e. The minimum absolute atomic E-state index is 0.117. The normalized spacial score (nSPS) is 20.9. The van der Waals surface area contributed by atoms with E-state index in [4.69, 9.17) is 11.6 Å². The van der Waals surface area contributed by atoms with E-state index in [1.165, 1.54) is 36.0 Å². The first kappa shape index (κ1) is 22.2. The summed E-state index contributed by atoms with van der Waals surface area (Å²) in [4.78, 5) is 17.9. The molecule has 4 heteroatoms. The van der Waals surface area contributed by atoms with E-state index in [-0.39, 0.29) is 11.4 Å². The number of benzene rings is 3. The highest BCUT2D eigenvalue weighted by Crippen LogP contribution is 2.38. The number of halogens is 1. The zero-order valence-electron chi connectivity index (χ0n) is 19.1. The van der Waals surface area contributed by atoms with Crippen LogP contribution in [-0.2, 0) is 17.8 Å². The molecule has 1 amide bonds. The summed E-state index contributed by atoms with van der Waals surface area (Å²) < 4.78 is 0. The molecule has 5 rings (SSSR count). The zero-order chi connectivity index (χ0) is 22.7. The fourth-order valence-corrected chi connectivity index (χ4v) is 5.70. The van der Waals surface area contributed by atoms with Crippen LogP contribution in [0.25, 0.3) is 11.1 Å². The van der Waals surface area contributed by atoms with Crippen LogP contribution in [-0.4, -0.2) is 40.9 Å². The van der Waals surface area contributed by atoms with Crippen molar-refractivity contribution in [3.8, 4) is 11.1 Å². The molecule has 0 bridgehead atoms. The molecule has 170 valence electrons. The van der Waals surface area contributed by atoms with E-state index in [9.17, 15) is 4.79 Å². The van der Waals surface area contributed by atoms with Gasteiger partial charge in [0.2, 0.25) is 5.91 Å². The van der Waals surface area contributed by atoms with Gasteiger partial charge in [-0.2, -0.15) is 0 Å². The van der Waals surface area contributed by atoms with Gasteiger partial charge in [0.1, 0.15) is 0 Å². The Labute approximate surface area is 202 Å². The lowest BCUT2D eigenvalue weighted by Crippen LogP contribution is -2.56. The number of piperidine rings is 1. The fraction of sp³-hybridized carbons (Fsp3) is 0.345. The standard InChI is InChI=1S/C29H31ClN2O/c30-27-14-10-23(11-15-27)20-28(33)31-18-4-16-29(22-31)17-5-19-32(29)21-24-8-12-26(13-9-24)25-6-2-1-3-7-25/h1-3,6-15H,4-5,16-22H2/t29-/m1/s1. The Balaban J connectivity index is 1.26. The third-order valence-electron chi connectivity index (χ3n) is 7.35. The van der Waals surface area contributed by atoms with E-state index in [0.717, 1.165) is 38.2 Å². The molecule has 3 aromatic rings. The summed E-state index contributed by atoms with van der Waals surface area (Å²) in [5.74, 6) is 0.232. The third-order valence-corrected chi connectivity index (χ3v) is 7.60. The van der Waals surface area contributed by atoms with Crippen molar-refractivity contribution in [2.45, 2.75) is 44.2 Å². The average molecular weight is 459 g/mol. The topological polar surface area (TPSA) is 23.6 Å². The van der Waals surface area contributed by atoms with Gasteiger partial charge in [0.25, 0.3) is 0 Å². The molecule has 0 aliphatic carbocycles. The van der Waals surface area contributed by atoms with Gasteiger partial charge in [-0.05, 0) is 66.6 Å². The molecule has 0 N–H and O–H groups in total. The monoisotopic (exact) mass is 458 g/mol. The predicted molar refractivity (Wildman–Crippen MR) is 135 cm³/mol. The Hall–Kier alpha value is -2.62. The van der Waals surface area contributed by atoms with Gasteiger partial charge in [0, 0.05) is 30.2 Å². The number of likely N-dealkylation sites (tertiary alicyclic amines) is 2. The molecule has 3 nitrogen and oxygen atoms in total. The molecule has 2 heterocycles. The Kier molecular flexibility index (Phi) is 6.52. The van der Waals surface area contributed by atoms with Crippen molar-refractivity contribution in [1.29, 1.82) is 0 Å². The molecule has 3 aromatic carbocycles. The molecule has 0 radical (unpaired) electrons. The van der Waals surface area contributed by atoms with Gasteiger partial charge in [-0.1, -0.05) is 78.3 Å². The summed E-state index contributed by atoms with van der Waals surface area (Å²) >= 11 is 6.00. The Morgan fingerprint density at radius 2 is 1.42 bits per heavy atom. The maximum atomic E-state index is 13.1. The minimum atomic E-state index is 0.117. The van der Waals surface area contributed by atoms with Crippen molar-refractivity contribution in [3.05, 3.63) is 95.0 Å². The van der Waals surface area contributed by atoms with Gasteiger partial charge in [0.15, 0.2) is 0 Å². The Bertz CT molecular complexity index is 1080. The van der Waals surface area contributed by atoms with Crippen LogP contribution in [0.3, 0.4) is 0 Å². The van der Waals surface area contributed by atoms with Crippen molar-refractivity contribution >= 4 is 17.5 Å². The predicted octanol–water partition coefficient (Wildman–Crippen LogP) is 6.21. The third kappa shape index (κ3) is 5.00. The highest BCUT2D eigenvalue weighted by molar-refractivity contribution is 6.30. The molecule has 0 saturated carbocycles. The summed E-state index contributed by atoms with van der Waals surface area (Å²) in [6.45, 7) is 3.78. The SMILES string of the molecule is O=C(Cc1ccc(Cl)cc1)N1CCC[C@@]2(CCCN2Cc2ccc(-c3ccccc3)cc2)C1. The first-order valence-corrected chi connectivity index (χ1v) is 12.4. The van der Waals surface area contributed by atoms with E-state index in [1.807, 2.05) is 24.3 Å². The van der Waals surface area contributed by atoms with Crippen molar-refractivity contribution in [2.24, 2.45) is 0 Å². The van der Waals surface area contributed by atoms with Crippen LogP contribution in [0.1, 0.15) is 36.8 Å². The molecule has 2 aliphatic heterocycles. The van der Waals surface area contributed by atoms with Crippen LogP contribution in [0.15, 0.2) is 78.9 Å². The molecule has 2 fully saturated rings. The summed E-state index contributed by atoms with van der Waals surface area (Å²) in [5, 5.41) is 0.710. The van der Waals surface area contributed by atoms with Crippen molar-refractivity contribution in [3.63, 3.8) is 0 Å². The number of hydrogen-bond donors (Lipinski definition) is 0. The summed E-state index contributed by atoms with van der Waals surface area (Å²) in [6, 6.07) is 27.2. The molecule has 0 unspecified atom stereocenters. The van der Waals surface area contributed by atoms with Crippen molar-refractivity contribution < 1.29 is 4.79 Å². The molecule has 0 aromatic heterocycles. The molecule has 2 aliphatic rings. The van der Waals surface area contributed by atoms with Crippen LogP contribution in [0.2, 0.25) is 5.02 Å². The van der Waals surface area contributed by atoms with Gasteiger partial charge in [-0.15, -0.1) is 0 Å². The molecular weight excluding hydrogens is 428 g/mol. The first-order valence-electron chi connectivity index (χ1n) is 12.0. The quantitative estimate of drug-likeness (QED) is 0.454. The summed E-state index contributed by atoms with van der Waals surface area (Å²) in [7, 11) is 0.